The van der Waals surface area contributed by atoms with Gasteiger partial charge in [0.2, 0.25) is 10.0 Å². The minimum absolute atomic E-state index is 0.128. The number of sulfonamides is 1. The maximum Gasteiger partial charge on any atom is 0.352 e. The van der Waals surface area contributed by atoms with Crippen LogP contribution in [-0.2, 0) is 48.0 Å². The molecule has 0 fully saturated rings. The Labute approximate surface area is 296 Å². The van der Waals surface area contributed by atoms with Gasteiger partial charge in [0.15, 0.2) is 0 Å². The number of hydrogen-bond acceptors (Lipinski definition) is 7. The van der Waals surface area contributed by atoms with Crippen molar-refractivity contribution >= 4 is 43.4 Å². The summed E-state index contributed by atoms with van der Waals surface area (Å²) in [5, 5.41) is 18.6. The van der Waals surface area contributed by atoms with Crippen molar-refractivity contribution in [2.24, 2.45) is 7.05 Å². The number of nitrogens with zero attached hydrogens (tertiary/aromatic N) is 3. The van der Waals surface area contributed by atoms with Crippen LogP contribution in [0.25, 0.3) is 32.8 Å². The van der Waals surface area contributed by atoms with Crippen molar-refractivity contribution in [3.8, 4) is 22.6 Å². The number of aromatic carboxylic acids is 1. The lowest BCUT2D eigenvalue weighted by Crippen LogP contribution is -2.12. The number of carboxylic acid groups (broad SMARTS) is 1. The molecular formula is C39H40N4O7S. The average molecular weight is 709 g/mol. The molecule has 1 aliphatic rings. The molecule has 0 saturated carbocycles. The first-order valence-corrected chi connectivity index (χ1v) is 18.9. The van der Waals surface area contributed by atoms with Crippen LogP contribution in [0.5, 0.6) is 11.5 Å². The van der Waals surface area contributed by atoms with E-state index in [1.54, 1.807) is 28.9 Å². The van der Waals surface area contributed by atoms with E-state index in [1.807, 2.05) is 60.1 Å². The van der Waals surface area contributed by atoms with Crippen LogP contribution in [-0.4, -0.2) is 53.3 Å². The van der Waals surface area contributed by atoms with E-state index in [2.05, 4.69) is 16.9 Å². The summed E-state index contributed by atoms with van der Waals surface area (Å²) in [7, 11) is -1.53. The molecule has 0 atom stereocenters. The van der Waals surface area contributed by atoms with Crippen molar-refractivity contribution in [1.82, 2.24) is 14.3 Å². The Balaban J connectivity index is 1.24. The second-order valence-electron chi connectivity index (χ2n) is 12.8. The molecule has 0 unspecified atom stereocenters. The number of rotatable bonds is 11. The fraction of sp³-hybridized carbons (Fsp3) is 0.282. The molecule has 0 bridgehead atoms. The van der Waals surface area contributed by atoms with Crippen molar-refractivity contribution in [2.45, 2.75) is 45.4 Å². The highest BCUT2D eigenvalue weighted by molar-refractivity contribution is 7.92. The molecule has 2 aromatic heterocycles. The number of hydrogen-bond donors (Lipinski definition) is 2. The Morgan fingerprint density at radius 2 is 1.73 bits per heavy atom. The number of carboxylic acids is 1. The van der Waals surface area contributed by atoms with Gasteiger partial charge in [0.05, 0.1) is 30.7 Å². The van der Waals surface area contributed by atoms with Crippen molar-refractivity contribution in [1.29, 1.82) is 0 Å². The molecule has 4 aromatic carbocycles. The first-order chi connectivity index (χ1) is 24.7. The van der Waals surface area contributed by atoms with Crippen LogP contribution >= 0.6 is 0 Å². The predicted octanol–water partition coefficient (Wildman–Crippen LogP) is 7.17. The number of anilines is 1. The van der Waals surface area contributed by atoms with E-state index >= 15 is 0 Å². The smallest absolute Gasteiger partial charge is 0.352 e. The molecule has 12 heteroatoms. The van der Waals surface area contributed by atoms with E-state index in [0.717, 1.165) is 68.9 Å². The fourth-order valence-corrected chi connectivity index (χ4v) is 7.55. The summed E-state index contributed by atoms with van der Waals surface area (Å²) >= 11 is 0. The molecule has 264 valence electrons. The number of ether oxygens (including phenoxy) is 3. The highest BCUT2D eigenvalue weighted by Gasteiger charge is 2.28. The van der Waals surface area contributed by atoms with E-state index in [0.29, 0.717) is 62.0 Å². The van der Waals surface area contributed by atoms with Gasteiger partial charge in [-0.2, -0.15) is 5.10 Å². The minimum atomic E-state index is -3.40. The molecule has 0 spiro atoms. The van der Waals surface area contributed by atoms with Gasteiger partial charge in [-0.15, -0.1) is 0 Å². The van der Waals surface area contributed by atoms with Gasteiger partial charge in [0.25, 0.3) is 0 Å². The van der Waals surface area contributed by atoms with E-state index in [1.165, 1.54) is 0 Å². The van der Waals surface area contributed by atoms with Gasteiger partial charge in [-0.25, -0.2) is 13.2 Å². The molecule has 3 heterocycles. The quantitative estimate of drug-likeness (QED) is 0.135. The topological polar surface area (TPSA) is 134 Å². The standard InChI is InChI=1S/C39H40N4O7S/c1-42-34-25-48-22-6-5-21-43-37-30(31(38(43)39(44)45)15-9-23-49-35-16-7-11-26-10-3-4-12-29(26)35)13-8-14-32(37)36(34)33(40-42)24-50-28-19-17-27(18-20-28)41-51(2,46)47/h3-4,7-8,10-14,16-20,41H,5-6,9,15,21-25H2,1-2H3,(H,44,45). The van der Waals surface area contributed by atoms with Crippen LogP contribution in [0.1, 0.15) is 46.7 Å². The molecule has 0 radical (unpaired) electrons. The lowest BCUT2D eigenvalue weighted by molar-refractivity contribution is 0.0683. The summed E-state index contributed by atoms with van der Waals surface area (Å²) in [6.45, 7) is 1.97. The highest BCUT2D eigenvalue weighted by Crippen LogP contribution is 2.39. The number of benzene rings is 4. The van der Waals surface area contributed by atoms with Crippen LogP contribution in [0, 0.1) is 0 Å². The second kappa shape index (κ2) is 14.5. The van der Waals surface area contributed by atoms with Gasteiger partial charge in [0.1, 0.15) is 29.5 Å². The normalized spacial score (nSPS) is 13.5. The van der Waals surface area contributed by atoms with E-state index in [4.69, 9.17) is 19.3 Å². The van der Waals surface area contributed by atoms with Crippen LogP contribution in [0.4, 0.5) is 5.69 Å². The van der Waals surface area contributed by atoms with Crippen molar-refractivity contribution in [3.05, 3.63) is 108 Å². The average Bonchev–Trinajstić information content (AvgIpc) is 3.59. The lowest BCUT2D eigenvalue weighted by atomic mass is 9.98. The first kappa shape index (κ1) is 34.1. The second-order valence-corrected chi connectivity index (χ2v) is 14.5. The van der Waals surface area contributed by atoms with Crippen molar-refractivity contribution in [3.63, 3.8) is 0 Å². The highest BCUT2D eigenvalue weighted by atomic mass is 32.2. The number of para-hydroxylation sites is 1. The fourth-order valence-electron chi connectivity index (χ4n) is 6.98. The summed E-state index contributed by atoms with van der Waals surface area (Å²) in [6, 6.07) is 26.8. The number of nitrogens with one attached hydrogen (secondary N) is 1. The van der Waals surface area contributed by atoms with Crippen LogP contribution in [0.15, 0.2) is 84.9 Å². The van der Waals surface area contributed by atoms with Gasteiger partial charge >= 0.3 is 5.97 Å². The summed E-state index contributed by atoms with van der Waals surface area (Å²) < 4.78 is 48.0. The van der Waals surface area contributed by atoms with Crippen molar-refractivity contribution < 1.29 is 32.5 Å². The van der Waals surface area contributed by atoms with Gasteiger partial charge in [-0.1, -0.05) is 54.6 Å². The molecule has 51 heavy (non-hydrogen) atoms. The third-order valence-corrected chi connectivity index (χ3v) is 9.77. The number of aryl methyl sites for hydroxylation is 3. The minimum Gasteiger partial charge on any atom is -0.493 e. The molecule has 0 amide bonds. The van der Waals surface area contributed by atoms with Gasteiger partial charge < -0.3 is 23.9 Å². The van der Waals surface area contributed by atoms with Crippen molar-refractivity contribution in [2.75, 3.05) is 24.2 Å². The number of carbonyl (C=O) groups is 1. The Morgan fingerprint density at radius 3 is 2.53 bits per heavy atom. The molecule has 2 N–H and O–H groups in total. The zero-order valence-corrected chi connectivity index (χ0v) is 29.4. The maximum absolute atomic E-state index is 13.1. The summed E-state index contributed by atoms with van der Waals surface area (Å²) in [4.78, 5) is 13.1. The Bertz CT molecular complexity index is 2320. The molecule has 11 nitrogen and oxygen atoms in total. The molecule has 6 aromatic rings. The van der Waals surface area contributed by atoms with Crippen LogP contribution in [0.3, 0.4) is 0 Å². The van der Waals surface area contributed by atoms with E-state index < -0.39 is 16.0 Å². The summed E-state index contributed by atoms with van der Waals surface area (Å²) in [5.41, 5.74) is 5.64. The van der Waals surface area contributed by atoms with Gasteiger partial charge in [-0.05, 0) is 67.0 Å². The third kappa shape index (κ3) is 7.28. The van der Waals surface area contributed by atoms with Gasteiger partial charge in [-0.3, -0.25) is 9.40 Å². The molecule has 1 aliphatic heterocycles. The predicted molar refractivity (Wildman–Crippen MR) is 197 cm³/mol. The largest absolute Gasteiger partial charge is 0.493 e. The molecular weight excluding hydrogens is 669 g/mol. The Kier molecular flexibility index (Phi) is 9.70. The van der Waals surface area contributed by atoms with Gasteiger partial charge in [0, 0.05) is 47.8 Å². The van der Waals surface area contributed by atoms with Crippen LogP contribution in [0.2, 0.25) is 0 Å². The lowest BCUT2D eigenvalue weighted by Gasteiger charge is -2.13. The summed E-state index contributed by atoms with van der Waals surface area (Å²) in [5.74, 6) is 0.398. The number of fused-ring (bicyclic) bond motifs is 3. The summed E-state index contributed by atoms with van der Waals surface area (Å²) in [6.07, 6.45) is 3.81. The third-order valence-electron chi connectivity index (χ3n) is 9.17. The Hall–Kier alpha value is -5.33. The molecule has 0 saturated heterocycles. The van der Waals surface area contributed by atoms with Crippen LogP contribution < -0.4 is 14.2 Å². The maximum atomic E-state index is 13.1. The van der Waals surface area contributed by atoms with E-state index in [9.17, 15) is 18.3 Å². The first-order valence-electron chi connectivity index (χ1n) is 17.0. The zero-order chi connectivity index (χ0) is 35.5. The molecule has 0 aliphatic carbocycles. The molecule has 7 rings (SSSR count). The zero-order valence-electron chi connectivity index (χ0n) is 28.6. The Morgan fingerprint density at radius 1 is 0.961 bits per heavy atom. The monoisotopic (exact) mass is 708 g/mol. The van der Waals surface area contributed by atoms with E-state index in [-0.39, 0.29) is 6.61 Å². The number of aromatic nitrogens is 3. The SMILES string of the molecule is Cn1nc(COc2ccc(NS(C)(=O)=O)cc2)c2c1COCCCCn1c(C(=O)O)c(CCCOc3cccc4ccccc34)c3cccc-2c31.